The van der Waals surface area contributed by atoms with Gasteiger partial charge in [0.25, 0.3) is 5.91 Å². The van der Waals surface area contributed by atoms with Gasteiger partial charge in [0.15, 0.2) is 0 Å². The molecular formula is C13H14N2O3S2. The van der Waals surface area contributed by atoms with Crippen LogP contribution in [0.1, 0.15) is 16.6 Å². The average molecular weight is 310 g/mol. The van der Waals surface area contributed by atoms with Gasteiger partial charge in [-0.1, -0.05) is 25.1 Å². The number of hydrogen-bond donors (Lipinski definition) is 2. The van der Waals surface area contributed by atoms with Crippen molar-refractivity contribution in [2.45, 2.75) is 11.8 Å². The van der Waals surface area contributed by atoms with E-state index in [2.05, 4.69) is 10.0 Å². The number of carbonyl (C=O) groups excluding carboxylic acids is 1. The fraction of sp³-hybridized carbons (Fsp3) is 0.154. The van der Waals surface area contributed by atoms with E-state index in [1.54, 1.807) is 19.1 Å². The molecule has 2 aromatic rings. The lowest BCUT2D eigenvalue weighted by Gasteiger charge is -2.02. The molecular weight excluding hydrogens is 296 g/mol. The number of benzene rings is 1. The molecule has 0 aliphatic carbocycles. The van der Waals surface area contributed by atoms with E-state index in [0.29, 0.717) is 17.1 Å². The van der Waals surface area contributed by atoms with Crippen molar-refractivity contribution in [1.29, 1.82) is 0 Å². The zero-order valence-electron chi connectivity index (χ0n) is 10.8. The summed E-state index contributed by atoms with van der Waals surface area (Å²) in [6.07, 6.45) is 0. The topological polar surface area (TPSA) is 75.3 Å². The Labute approximate surface area is 121 Å². The van der Waals surface area contributed by atoms with Crippen LogP contribution in [0.25, 0.3) is 0 Å². The van der Waals surface area contributed by atoms with Gasteiger partial charge in [0.1, 0.15) is 0 Å². The minimum Gasteiger partial charge on any atom is -0.321 e. The van der Waals surface area contributed by atoms with Crippen molar-refractivity contribution in [3.05, 3.63) is 46.7 Å². The van der Waals surface area contributed by atoms with Crippen LogP contribution >= 0.6 is 11.3 Å². The van der Waals surface area contributed by atoms with Crippen LogP contribution in [-0.2, 0) is 10.0 Å². The Balaban J connectivity index is 2.15. The maximum absolute atomic E-state index is 12.0. The molecule has 1 aromatic carbocycles. The van der Waals surface area contributed by atoms with Gasteiger partial charge in [-0.3, -0.25) is 4.79 Å². The van der Waals surface area contributed by atoms with E-state index >= 15 is 0 Å². The molecule has 1 amide bonds. The van der Waals surface area contributed by atoms with Crippen LogP contribution in [-0.4, -0.2) is 20.9 Å². The van der Waals surface area contributed by atoms with Crippen molar-refractivity contribution >= 4 is 33.0 Å². The predicted octanol–water partition coefficient (Wildman–Crippen LogP) is 2.30. The quantitative estimate of drug-likeness (QED) is 0.890. The molecule has 20 heavy (non-hydrogen) atoms. The zero-order valence-corrected chi connectivity index (χ0v) is 12.4. The maximum atomic E-state index is 12.0. The molecule has 2 N–H and O–H groups in total. The molecule has 0 aliphatic rings. The van der Waals surface area contributed by atoms with Gasteiger partial charge >= 0.3 is 0 Å². The Hall–Kier alpha value is -1.70. The number of para-hydroxylation sites is 1. The van der Waals surface area contributed by atoms with Gasteiger partial charge in [0.2, 0.25) is 10.0 Å². The fourth-order valence-corrected chi connectivity index (χ4v) is 3.78. The molecule has 1 heterocycles. The van der Waals surface area contributed by atoms with Gasteiger partial charge in [-0.25, -0.2) is 13.1 Å². The first-order valence-electron chi connectivity index (χ1n) is 5.97. The molecule has 7 heteroatoms. The summed E-state index contributed by atoms with van der Waals surface area (Å²) in [5.74, 6) is -0.320. The average Bonchev–Trinajstić information content (AvgIpc) is 2.90. The first-order chi connectivity index (χ1) is 9.53. The zero-order chi connectivity index (χ0) is 14.6. The number of anilines is 1. The van der Waals surface area contributed by atoms with E-state index < -0.39 is 10.0 Å². The lowest BCUT2D eigenvalue weighted by Crippen LogP contribution is -2.22. The normalized spacial score (nSPS) is 11.2. The fourth-order valence-electron chi connectivity index (χ4n) is 1.57. The van der Waals surface area contributed by atoms with E-state index in [-0.39, 0.29) is 10.8 Å². The Morgan fingerprint density at radius 3 is 2.60 bits per heavy atom. The highest BCUT2D eigenvalue weighted by Crippen LogP contribution is 2.20. The second-order valence-electron chi connectivity index (χ2n) is 3.97. The van der Waals surface area contributed by atoms with Gasteiger partial charge in [0, 0.05) is 17.6 Å². The number of hydrogen-bond acceptors (Lipinski definition) is 4. The van der Waals surface area contributed by atoms with Crippen molar-refractivity contribution in [3.63, 3.8) is 0 Å². The third-order valence-electron chi connectivity index (χ3n) is 2.48. The summed E-state index contributed by atoms with van der Waals surface area (Å²) >= 11 is 1.10. The molecule has 106 valence electrons. The standard InChI is InChI=1S/C13H14N2O3S2/c1-2-14-20(17,18)11-8-12(19-9-11)13(16)15-10-6-4-3-5-7-10/h3-9,14H,2H2,1H3,(H,15,16). The number of rotatable bonds is 5. The highest BCUT2D eigenvalue weighted by atomic mass is 32.2. The van der Waals surface area contributed by atoms with Crippen LogP contribution in [0.5, 0.6) is 0 Å². The summed E-state index contributed by atoms with van der Waals surface area (Å²) in [6.45, 7) is 2.01. The molecule has 0 saturated heterocycles. The summed E-state index contributed by atoms with van der Waals surface area (Å²) in [4.78, 5) is 12.5. The monoisotopic (exact) mass is 310 g/mol. The third kappa shape index (κ3) is 3.44. The van der Waals surface area contributed by atoms with Crippen LogP contribution in [0.2, 0.25) is 0 Å². The van der Waals surface area contributed by atoms with Crippen LogP contribution < -0.4 is 10.0 Å². The molecule has 5 nitrogen and oxygen atoms in total. The van der Waals surface area contributed by atoms with Crippen molar-refractivity contribution < 1.29 is 13.2 Å². The van der Waals surface area contributed by atoms with Gasteiger partial charge in [-0.15, -0.1) is 11.3 Å². The molecule has 0 spiro atoms. The molecule has 0 aliphatic heterocycles. The summed E-state index contributed by atoms with van der Waals surface area (Å²) in [5.41, 5.74) is 0.669. The summed E-state index contributed by atoms with van der Waals surface area (Å²) in [5, 5.41) is 4.17. The largest absolute Gasteiger partial charge is 0.321 e. The summed E-state index contributed by atoms with van der Waals surface area (Å²) in [6, 6.07) is 10.4. The Kier molecular flexibility index (Phi) is 4.53. The first kappa shape index (κ1) is 14.7. The second-order valence-corrected chi connectivity index (χ2v) is 6.65. The van der Waals surface area contributed by atoms with E-state index in [1.807, 2.05) is 18.2 Å². The first-order valence-corrected chi connectivity index (χ1v) is 8.34. The van der Waals surface area contributed by atoms with Gasteiger partial charge < -0.3 is 5.32 Å². The van der Waals surface area contributed by atoms with Crippen LogP contribution in [0, 0.1) is 0 Å². The molecule has 2 rings (SSSR count). The molecule has 0 bridgehead atoms. The minimum atomic E-state index is -3.52. The van der Waals surface area contributed by atoms with E-state index in [1.165, 1.54) is 11.4 Å². The minimum absolute atomic E-state index is 0.113. The smallest absolute Gasteiger partial charge is 0.265 e. The Bertz CT molecular complexity index is 693. The van der Waals surface area contributed by atoms with Crippen molar-refractivity contribution in [3.8, 4) is 0 Å². The third-order valence-corrected chi connectivity index (χ3v) is 5.08. The molecule has 0 fully saturated rings. The number of nitrogens with one attached hydrogen (secondary N) is 2. The Morgan fingerprint density at radius 2 is 1.95 bits per heavy atom. The summed E-state index contributed by atoms with van der Waals surface area (Å²) < 4.78 is 26.0. The van der Waals surface area contributed by atoms with E-state index in [4.69, 9.17) is 0 Å². The van der Waals surface area contributed by atoms with Gasteiger partial charge in [0.05, 0.1) is 9.77 Å². The molecule has 1 aromatic heterocycles. The molecule has 0 radical (unpaired) electrons. The van der Waals surface area contributed by atoms with Crippen molar-refractivity contribution in [1.82, 2.24) is 4.72 Å². The number of amides is 1. The predicted molar refractivity (Wildman–Crippen MR) is 79.6 cm³/mol. The van der Waals surface area contributed by atoms with E-state index in [9.17, 15) is 13.2 Å². The Morgan fingerprint density at radius 1 is 1.25 bits per heavy atom. The SMILES string of the molecule is CCNS(=O)(=O)c1csc(C(=O)Nc2ccccc2)c1. The van der Waals surface area contributed by atoms with Crippen molar-refractivity contribution in [2.75, 3.05) is 11.9 Å². The van der Waals surface area contributed by atoms with Gasteiger partial charge in [-0.2, -0.15) is 0 Å². The maximum Gasteiger partial charge on any atom is 0.265 e. The molecule has 0 unspecified atom stereocenters. The van der Waals surface area contributed by atoms with Crippen LogP contribution in [0.4, 0.5) is 5.69 Å². The molecule has 0 saturated carbocycles. The van der Waals surface area contributed by atoms with Crippen LogP contribution in [0.15, 0.2) is 46.7 Å². The van der Waals surface area contributed by atoms with E-state index in [0.717, 1.165) is 11.3 Å². The van der Waals surface area contributed by atoms with Crippen LogP contribution in [0.3, 0.4) is 0 Å². The van der Waals surface area contributed by atoms with Crippen molar-refractivity contribution in [2.24, 2.45) is 0 Å². The summed E-state index contributed by atoms with van der Waals surface area (Å²) in [7, 11) is -3.52. The number of sulfonamides is 1. The number of thiophene rings is 1. The lowest BCUT2D eigenvalue weighted by atomic mass is 10.3. The highest BCUT2D eigenvalue weighted by molar-refractivity contribution is 7.89. The highest BCUT2D eigenvalue weighted by Gasteiger charge is 2.17. The lowest BCUT2D eigenvalue weighted by molar-refractivity contribution is 0.103. The van der Waals surface area contributed by atoms with Gasteiger partial charge in [-0.05, 0) is 18.2 Å². The number of carbonyl (C=O) groups is 1. The second kappa shape index (κ2) is 6.17. The molecule has 0 atom stereocenters.